The molecule has 24 heavy (non-hydrogen) atoms. The van der Waals surface area contributed by atoms with Gasteiger partial charge in [-0.05, 0) is 25.5 Å². The number of ether oxygens (including phenoxy) is 1. The van der Waals surface area contributed by atoms with Crippen molar-refractivity contribution in [1.29, 1.82) is 0 Å². The third kappa shape index (κ3) is 4.43. The smallest absolute Gasteiger partial charge is 0.244 e. The van der Waals surface area contributed by atoms with Gasteiger partial charge in [0.15, 0.2) is 0 Å². The minimum absolute atomic E-state index is 0.0464. The van der Waals surface area contributed by atoms with Crippen molar-refractivity contribution in [3.05, 3.63) is 22.2 Å². The average Bonchev–Trinajstić information content (AvgIpc) is 3.18. The third-order valence-corrected chi connectivity index (χ3v) is 5.92. The van der Waals surface area contributed by atoms with Crippen LogP contribution in [0.3, 0.4) is 0 Å². The van der Waals surface area contributed by atoms with Crippen molar-refractivity contribution in [3.63, 3.8) is 0 Å². The van der Waals surface area contributed by atoms with Crippen molar-refractivity contribution < 1.29 is 9.53 Å². The molecular formula is C18H27N3O2S. The molecule has 2 atom stereocenters. The van der Waals surface area contributed by atoms with Crippen LogP contribution in [0.4, 0.5) is 0 Å². The summed E-state index contributed by atoms with van der Waals surface area (Å²) in [5.41, 5.74) is 0.0464. The van der Waals surface area contributed by atoms with Crippen LogP contribution < -0.4 is 5.32 Å². The van der Waals surface area contributed by atoms with Crippen molar-refractivity contribution in [2.45, 2.75) is 51.2 Å². The number of carbonyl (C=O) groups excluding carboxylic acids is 1. The van der Waals surface area contributed by atoms with Gasteiger partial charge >= 0.3 is 0 Å². The fraction of sp³-hybridized carbons (Fsp3) is 0.667. The van der Waals surface area contributed by atoms with E-state index in [0.717, 1.165) is 23.0 Å². The second kappa shape index (κ2) is 7.33. The van der Waals surface area contributed by atoms with Gasteiger partial charge in [-0.2, -0.15) is 0 Å². The molecule has 0 saturated carbocycles. The Balaban J connectivity index is 1.44. The van der Waals surface area contributed by atoms with Crippen molar-refractivity contribution >= 4 is 23.3 Å². The van der Waals surface area contributed by atoms with E-state index < -0.39 is 0 Å². The lowest BCUT2D eigenvalue weighted by Gasteiger charge is -2.35. The van der Waals surface area contributed by atoms with E-state index in [1.165, 1.54) is 19.4 Å². The first-order chi connectivity index (χ1) is 11.4. The zero-order valence-electron chi connectivity index (χ0n) is 14.7. The molecule has 0 aromatic carbocycles. The number of rotatable bonds is 4. The lowest BCUT2D eigenvalue weighted by Crippen LogP contribution is -2.49. The molecule has 1 aromatic rings. The Morgan fingerprint density at radius 1 is 1.54 bits per heavy atom. The third-order valence-electron chi connectivity index (χ3n) is 4.53. The standard InChI is InChI=1S/C18H27N3O2S/c1-18(2,3)17-20-10-15(24-17)6-7-16(22)19-9-14-11-21-8-4-5-13(21)12-23-14/h6-7,10,13-14H,4-5,8-9,11-12H2,1-3H3,(H,19,22). The molecule has 1 N–H and O–H groups in total. The molecular weight excluding hydrogens is 322 g/mol. The quantitative estimate of drug-likeness (QED) is 0.849. The van der Waals surface area contributed by atoms with Gasteiger partial charge in [-0.1, -0.05) is 20.8 Å². The van der Waals surface area contributed by atoms with E-state index in [0.29, 0.717) is 12.6 Å². The second-order valence-corrected chi connectivity index (χ2v) is 8.70. The van der Waals surface area contributed by atoms with Crippen LogP contribution >= 0.6 is 11.3 Å². The van der Waals surface area contributed by atoms with Gasteiger partial charge in [-0.25, -0.2) is 4.98 Å². The van der Waals surface area contributed by atoms with Crippen LogP contribution in [0.15, 0.2) is 12.3 Å². The highest BCUT2D eigenvalue weighted by molar-refractivity contribution is 7.12. The Morgan fingerprint density at radius 2 is 2.38 bits per heavy atom. The van der Waals surface area contributed by atoms with Gasteiger partial charge in [-0.3, -0.25) is 9.69 Å². The monoisotopic (exact) mass is 349 g/mol. The summed E-state index contributed by atoms with van der Waals surface area (Å²) in [6, 6.07) is 0.597. The van der Waals surface area contributed by atoms with Crippen molar-refractivity contribution in [2.75, 3.05) is 26.2 Å². The second-order valence-electron chi connectivity index (χ2n) is 7.64. The van der Waals surface area contributed by atoms with Gasteiger partial charge in [0.25, 0.3) is 0 Å². The molecule has 1 amide bonds. The number of aromatic nitrogens is 1. The van der Waals surface area contributed by atoms with E-state index >= 15 is 0 Å². The number of carbonyl (C=O) groups is 1. The van der Waals surface area contributed by atoms with E-state index in [1.54, 1.807) is 17.4 Å². The molecule has 0 bridgehead atoms. The van der Waals surface area contributed by atoms with Crippen LogP contribution in [0.2, 0.25) is 0 Å². The molecule has 0 aliphatic carbocycles. The summed E-state index contributed by atoms with van der Waals surface area (Å²) in [5, 5.41) is 4.03. The van der Waals surface area contributed by atoms with Crippen LogP contribution in [0.5, 0.6) is 0 Å². The number of thiazole rings is 1. The Labute approximate surface area is 148 Å². The van der Waals surface area contributed by atoms with Crippen LogP contribution in [-0.2, 0) is 14.9 Å². The number of fused-ring (bicyclic) bond motifs is 1. The van der Waals surface area contributed by atoms with E-state index in [4.69, 9.17) is 4.74 Å². The van der Waals surface area contributed by atoms with E-state index in [9.17, 15) is 4.79 Å². The van der Waals surface area contributed by atoms with Gasteiger partial charge < -0.3 is 10.1 Å². The summed E-state index contributed by atoms with van der Waals surface area (Å²) in [7, 11) is 0. The number of hydrogen-bond acceptors (Lipinski definition) is 5. The molecule has 0 spiro atoms. The topological polar surface area (TPSA) is 54.5 Å². The van der Waals surface area contributed by atoms with Crippen molar-refractivity contribution in [3.8, 4) is 0 Å². The summed E-state index contributed by atoms with van der Waals surface area (Å²) in [6.45, 7) is 9.89. The molecule has 0 radical (unpaired) electrons. The number of nitrogens with zero attached hydrogens (tertiary/aromatic N) is 2. The summed E-state index contributed by atoms with van der Waals surface area (Å²) < 4.78 is 5.86. The molecule has 2 unspecified atom stereocenters. The fourth-order valence-electron chi connectivity index (χ4n) is 3.15. The molecule has 132 valence electrons. The maximum atomic E-state index is 12.0. The maximum absolute atomic E-state index is 12.0. The molecule has 5 nitrogen and oxygen atoms in total. The van der Waals surface area contributed by atoms with E-state index in [2.05, 4.69) is 36.0 Å². The van der Waals surface area contributed by atoms with Gasteiger partial charge in [0, 0.05) is 41.7 Å². The van der Waals surface area contributed by atoms with Crippen molar-refractivity contribution in [2.24, 2.45) is 0 Å². The molecule has 1 aromatic heterocycles. The highest BCUT2D eigenvalue weighted by atomic mass is 32.1. The highest BCUT2D eigenvalue weighted by Crippen LogP contribution is 2.27. The number of morpholine rings is 1. The summed E-state index contributed by atoms with van der Waals surface area (Å²) in [5.74, 6) is -0.0761. The first-order valence-corrected chi connectivity index (χ1v) is 9.51. The predicted molar refractivity (Wildman–Crippen MR) is 97.2 cm³/mol. The minimum Gasteiger partial charge on any atom is -0.373 e. The molecule has 2 aliphatic rings. The zero-order valence-corrected chi connectivity index (χ0v) is 15.6. The normalized spacial score (nSPS) is 25.1. The fourth-order valence-corrected chi connectivity index (χ4v) is 4.03. The van der Waals surface area contributed by atoms with Crippen LogP contribution in [0, 0.1) is 0 Å². The number of hydrogen-bond donors (Lipinski definition) is 1. The summed E-state index contributed by atoms with van der Waals surface area (Å²) in [6.07, 6.45) is 7.86. The minimum atomic E-state index is -0.0761. The van der Waals surface area contributed by atoms with Crippen molar-refractivity contribution in [1.82, 2.24) is 15.2 Å². The molecule has 2 fully saturated rings. The van der Waals surface area contributed by atoms with Gasteiger partial charge in [0.05, 0.1) is 17.7 Å². The number of nitrogens with one attached hydrogen (secondary N) is 1. The Morgan fingerprint density at radius 3 is 3.12 bits per heavy atom. The zero-order chi connectivity index (χ0) is 17.2. The molecule has 2 saturated heterocycles. The molecule has 2 aliphatic heterocycles. The van der Waals surface area contributed by atoms with Crippen LogP contribution in [-0.4, -0.2) is 54.2 Å². The first-order valence-electron chi connectivity index (χ1n) is 8.70. The van der Waals surface area contributed by atoms with Gasteiger partial charge in [-0.15, -0.1) is 11.3 Å². The summed E-state index contributed by atoms with van der Waals surface area (Å²) >= 11 is 1.63. The Bertz CT molecular complexity index is 606. The maximum Gasteiger partial charge on any atom is 0.244 e. The lowest BCUT2D eigenvalue weighted by molar-refractivity contribution is -0.117. The molecule has 3 heterocycles. The van der Waals surface area contributed by atoms with Gasteiger partial charge in [0.1, 0.15) is 0 Å². The first kappa shape index (κ1) is 17.6. The Kier molecular flexibility index (Phi) is 5.37. The predicted octanol–water partition coefficient (Wildman–Crippen LogP) is 2.43. The Hall–Kier alpha value is -1.24. The largest absolute Gasteiger partial charge is 0.373 e. The summed E-state index contributed by atoms with van der Waals surface area (Å²) in [4.78, 5) is 19.9. The van der Waals surface area contributed by atoms with Gasteiger partial charge in [0.2, 0.25) is 5.91 Å². The molecule has 3 rings (SSSR count). The van der Waals surface area contributed by atoms with Crippen LogP contribution in [0.1, 0.15) is 43.5 Å². The highest BCUT2D eigenvalue weighted by Gasteiger charge is 2.32. The number of amides is 1. The average molecular weight is 350 g/mol. The van der Waals surface area contributed by atoms with E-state index in [-0.39, 0.29) is 17.4 Å². The lowest BCUT2D eigenvalue weighted by atomic mass is 9.98. The molecule has 6 heteroatoms. The van der Waals surface area contributed by atoms with Crippen LogP contribution in [0.25, 0.3) is 6.08 Å². The van der Waals surface area contributed by atoms with E-state index in [1.807, 2.05) is 12.3 Å². The SMILES string of the molecule is CC(C)(C)c1ncc(C=CC(=O)NCC2CN3CCCC3CO2)s1.